The van der Waals surface area contributed by atoms with Crippen LogP contribution in [0.5, 0.6) is 0 Å². The van der Waals surface area contributed by atoms with Crippen molar-refractivity contribution in [3.8, 4) is 6.07 Å². The van der Waals surface area contributed by atoms with Gasteiger partial charge in [0.25, 0.3) is 0 Å². The Morgan fingerprint density at radius 1 is 1.57 bits per heavy atom. The highest BCUT2D eigenvalue weighted by atomic mass is 16.6. The maximum atomic E-state index is 11.2. The molecule has 14 heavy (non-hydrogen) atoms. The average molecular weight is 198 g/mol. The molecule has 0 aromatic heterocycles. The lowest BCUT2D eigenvalue weighted by atomic mass is 9.81. The summed E-state index contributed by atoms with van der Waals surface area (Å²) in [6, 6.07) is 2.28. The van der Waals surface area contributed by atoms with Crippen molar-refractivity contribution in [2.24, 2.45) is 5.92 Å². The van der Waals surface area contributed by atoms with Crippen LogP contribution in [0.25, 0.3) is 0 Å². The van der Waals surface area contributed by atoms with Crippen molar-refractivity contribution in [3.63, 3.8) is 0 Å². The molecule has 0 saturated heterocycles. The van der Waals surface area contributed by atoms with E-state index in [1.54, 1.807) is 0 Å². The Kier molecular flexibility index (Phi) is 3.00. The molecular weight excluding hydrogens is 180 g/mol. The van der Waals surface area contributed by atoms with E-state index in [1.165, 1.54) is 0 Å². The topological polar surface area (TPSA) is 62.1 Å². The highest BCUT2D eigenvalue weighted by Gasteiger charge is 2.31. The second-order valence-corrected chi connectivity index (χ2v) is 4.64. The molecule has 0 bridgehead atoms. The molecule has 0 heterocycles. The number of nitrogens with one attached hydrogen (secondary N) is 1. The number of amides is 1. The average Bonchev–Trinajstić information content (AvgIpc) is 1.91. The third-order valence-corrected chi connectivity index (χ3v) is 2.04. The van der Waals surface area contributed by atoms with E-state index in [0.717, 1.165) is 12.8 Å². The van der Waals surface area contributed by atoms with Gasteiger partial charge in [0.2, 0.25) is 0 Å². The summed E-state index contributed by atoms with van der Waals surface area (Å²) in [4.78, 5) is 11.2. The molecule has 0 atom stereocenters. The van der Waals surface area contributed by atoms with Gasteiger partial charge >= 0.3 is 6.09 Å². The summed E-state index contributed by atoms with van der Waals surface area (Å²) in [5.41, 5.74) is -0.456. The van der Waals surface area contributed by atoms with Crippen LogP contribution in [0.3, 0.4) is 0 Å². The number of hydrogen-bond acceptors (Lipinski definition) is 3. The Hall–Kier alpha value is -1.24. The van der Waals surface area contributed by atoms with Crippen LogP contribution >= 0.6 is 0 Å². The molecule has 1 rings (SSSR count). The molecule has 1 amide bonds. The molecule has 1 aliphatic rings. The van der Waals surface area contributed by atoms with E-state index in [1.807, 2.05) is 20.8 Å². The Bertz CT molecular complexity index is 262. The van der Waals surface area contributed by atoms with Crippen LogP contribution in [0.2, 0.25) is 0 Å². The Balaban J connectivity index is 0.00000196. The number of rotatable bonds is 1. The van der Waals surface area contributed by atoms with Crippen LogP contribution in [0.4, 0.5) is 4.79 Å². The smallest absolute Gasteiger partial charge is 0.407 e. The number of carbonyl (C=O) groups excluding carboxylic acids is 1. The molecule has 4 nitrogen and oxygen atoms in total. The summed E-state index contributed by atoms with van der Waals surface area (Å²) in [7, 11) is 0. The highest BCUT2D eigenvalue weighted by molar-refractivity contribution is 5.68. The zero-order chi connectivity index (χ0) is 10.8. The number of nitriles is 1. The normalized spacial score (nSPS) is 25.9. The molecule has 0 spiro atoms. The first-order valence-corrected chi connectivity index (χ1v) is 4.80. The van der Waals surface area contributed by atoms with Crippen LogP contribution in [0.15, 0.2) is 0 Å². The number of hydrogen-bond donors (Lipinski definition) is 1. The van der Waals surface area contributed by atoms with Crippen LogP contribution in [0, 0.1) is 17.2 Å². The van der Waals surface area contributed by atoms with Crippen molar-refractivity contribution in [2.75, 3.05) is 0 Å². The quantitative estimate of drug-likeness (QED) is 0.701. The van der Waals surface area contributed by atoms with Gasteiger partial charge in [-0.1, -0.05) is 0 Å². The van der Waals surface area contributed by atoms with E-state index < -0.39 is 5.60 Å². The van der Waals surface area contributed by atoms with Crippen molar-refractivity contribution < 1.29 is 11.0 Å². The molecule has 80 valence electrons. The fraction of sp³-hybridized carbons (Fsp3) is 0.800. The van der Waals surface area contributed by atoms with Crippen LogP contribution < -0.4 is 5.32 Å². The molecule has 0 aromatic carbocycles. The lowest BCUT2D eigenvalue weighted by Gasteiger charge is -2.32. The second-order valence-electron chi connectivity index (χ2n) is 4.64. The van der Waals surface area contributed by atoms with E-state index in [2.05, 4.69) is 11.4 Å². The summed E-state index contributed by atoms with van der Waals surface area (Å²) in [5.74, 6) is 0.106. The predicted molar refractivity (Wildman–Crippen MR) is 53.6 cm³/mol. The first-order valence-electron chi connectivity index (χ1n) is 4.80. The van der Waals surface area contributed by atoms with Gasteiger partial charge in [0, 0.05) is 7.47 Å². The third kappa shape index (κ3) is 3.25. The summed E-state index contributed by atoms with van der Waals surface area (Å²) < 4.78 is 5.08. The van der Waals surface area contributed by atoms with Gasteiger partial charge in [-0.15, -0.1) is 0 Å². The van der Waals surface area contributed by atoms with Crippen molar-refractivity contribution in [3.05, 3.63) is 0 Å². The molecule has 0 radical (unpaired) electrons. The zero-order valence-electron chi connectivity index (χ0n) is 8.83. The summed E-state index contributed by atoms with van der Waals surface area (Å²) >= 11 is 0. The van der Waals surface area contributed by atoms with Crippen molar-refractivity contribution in [2.45, 2.75) is 45.3 Å². The third-order valence-electron chi connectivity index (χ3n) is 2.04. The molecule has 4 heteroatoms. The van der Waals surface area contributed by atoms with Gasteiger partial charge in [0.05, 0.1) is 12.0 Å². The van der Waals surface area contributed by atoms with Crippen molar-refractivity contribution in [1.82, 2.24) is 5.32 Å². The molecular formula is C10H18N2O2. The minimum Gasteiger partial charge on any atom is -0.444 e. The SMILES string of the molecule is CC(C)(C)OC(=O)NC1CC(C#N)C1.[HH]. The van der Waals surface area contributed by atoms with Gasteiger partial charge in [-0.2, -0.15) is 5.26 Å². The lowest BCUT2D eigenvalue weighted by Crippen LogP contribution is -2.45. The monoisotopic (exact) mass is 198 g/mol. The number of carbonyl (C=O) groups is 1. The molecule has 1 saturated carbocycles. The van der Waals surface area contributed by atoms with Crippen molar-refractivity contribution >= 4 is 6.09 Å². The fourth-order valence-electron chi connectivity index (χ4n) is 1.32. The first kappa shape index (κ1) is 10.8. The highest BCUT2D eigenvalue weighted by Crippen LogP contribution is 2.26. The minimum absolute atomic E-state index is 0. The lowest BCUT2D eigenvalue weighted by molar-refractivity contribution is 0.0466. The fourth-order valence-corrected chi connectivity index (χ4v) is 1.32. The van der Waals surface area contributed by atoms with Gasteiger partial charge in [-0.25, -0.2) is 4.79 Å². The maximum Gasteiger partial charge on any atom is 0.407 e. The predicted octanol–water partition coefficient (Wildman–Crippen LogP) is 2.06. The zero-order valence-corrected chi connectivity index (χ0v) is 8.83. The molecule has 1 aliphatic carbocycles. The van der Waals surface area contributed by atoms with E-state index in [4.69, 9.17) is 10.00 Å². The number of ether oxygens (including phenoxy) is 1. The van der Waals surface area contributed by atoms with Gasteiger partial charge in [0.1, 0.15) is 5.60 Å². The molecule has 0 aromatic rings. The molecule has 0 aliphatic heterocycles. The standard InChI is InChI=1S/C10H16N2O2.H2/c1-10(2,3)14-9(13)12-8-4-7(5-8)6-11;/h7-8H,4-5H2,1-3H3,(H,12,13);1H. The van der Waals surface area contributed by atoms with Crippen LogP contribution in [0.1, 0.15) is 35.0 Å². The second kappa shape index (κ2) is 3.87. The van der Waals surface area contributed by atoms with Crippen molar-refractivity contribution in [1.29, 1.82) is 5.26 Å². The summed E-state index contributed by atoms with van der Waals surface area (Å²) in [6.45, 7) is 5.47. The van der Waals surface area contributed by atoms with E-state index in [0.29, 0.717) is 0 Å². The summed E-state index contributed by atoms with van der Waals surface area (Å²) in [6.07, 6.45) is 1.10. The van der Waals surface area contributed by atoms with Crippen LogP contribution in [-0.2, 0) is 4.74 Å². The van der Waals surface area contributed by atoms with E-state index in [9.17, 15) is 4.79 Å². The molecule has 0 unspecified atom stereocenters. The maximum absolute atomic E-state index is 11.2. The molecule has 1 fully saturated rings. The summed E-state index contributed by atoms with van der Waals surface area (Å²) in [5, 5.41) is 11.3. The first-order chi connectivity index (χ1) is 6.40. The number of nitrogens with zero attached hydrogens (tertiary/aromatic N) is 1. The van der Waals surface area contributed by atoms with Gasteiger partial charge < -0.3 is 10.1 Å². The Morgan fingerprint density at radius 2 is 2.14 bits per heavy atom. The molecule has 1 N–H and O–H groups in total. The van der Waals surface area contributed by atoms with E-state index >= 15 is 0 Å². The minimum atomic E-state index is -0.456. The van der Waals surface area contributed by atoms with Gasteiger partial charge in [-0.05, 0) is 33.6 Å². The van der Waals surface area contributed by atoms with Crippen LogP contribution in [-0.4, -0.2) is 17.7 Å². The Labute approximate surface area is 85.7 Å². The van der Waals surface area contributed by atoms with Gasteiger partial charge in [0.15, 0.2) is 0 Å². The Morgan fingerprint density at radius 3 is 2.57 bits per heavy atom. The largest absolute Gasteiger partial charge is 0.444 e. The number of alkyl carbamates (subject to hydrolysis) is 1. The van der Waals surface area contributed by atoms with Gasteiger partial charge in [-0.3, -0.25) is 0 Å². The van der Waals surface area contributed by atoms with E-state index in [-0.39, 0.29) is 19.5 Å².